The van der Waals surface area contributed by atoms with Gasteiger partial charge < -0.3 is 4.90 Å². The van der Waals surface area contributed by atoms with Crippen LogP contribution in [0.4, 0.5) is 24.5 Å². The molecule has 0 unspecified atom stereocenters. The summed E-state index contributed by atoms with van der Waals surface area (Å²) < 4.78 is 68.0. The average molecular weight is 489 g/mol. The van der Waals surface area contributed by atoms with E-state index in [1.54, 1.807) is 31.2 Å². The molecule has 0 bridgehead atoms. The molecular formula is C25H23F3N2O3S. The topological polar surface area (TPSA) is 57.7 Å². The summed E-state index contributed by atoms with van der Waals surface area (Å²) in [4.78, 5) is 14.8. The second-order valence-corrected chi connectivity index (χ2v) is 10.2. The minimum atomic E-state index is -4.66. The van der Waals surface area contributed by atoms with Crippen LogP contribution in [0.3, 0.4) is 0 Å². The fourth-order valence-corrected chi connectivity index (χ4v) is 5.54. The van der Waals surface area contributed by atoms with E-state index in [1.807, 2.05) is 19.1 Å². The second-order valence-electron chi connectivity index (χ2n) is 8.32. The smallest absolute Gasteiger partial charge is 0.307 e. The number of anilines is 2. The van der Waals surface area contributed by atoms with Gasteiger partial charge in [0.15, 0.2) is 0 Å². The van der Waals surface area contributed by atoms with Crippen molar-refractivity contribution in [2.45, 2.75) is 37.4 Å². The first-order chi connectivity index (χ1) is 16.0. The number of carbonyl (C=O) groups is 1. The lowest BCUT2D eigenvalue weighted by atomic mass is 10.1. The molecule has 0 fully saturated rings. The molecule has 4 rings (SSSR count). The van der Waals surface area contributed by atoms with Gasteiger partial charge in [0.25, 0.3) is 10.0 Å². The van der Waals surface area contributed by atoms with Gasteiger partial charge in [-0.05, 0) is 62.2 Å². The summed E-state index contributed by atoms with van der Waals surface area (Å²) in [7, 11) is -4.33. The molecule has 178 valence electrons. The van der Waals surface area contributed by atoms with Gasteiger partial charge >= 0.3 is 6.18 Å². The van der Waals surface area contributed by atoms with Crippen LogP contribution in [0, 0.1) is 6.92 Å². The number of sulfonamides is 1. The molecule has 0 saturated heterocycles. The molecule has 0 aromatic heterocycles. The number of hydrogen-bond donors (Lipinski definition) is 0. The zero-order chi connectivity index (χ0) is 24.7. The van der Waals surface area contributed by atoms with Gasteiger partial charge in [0.2, 0.25) is 5.91 Å². The molecule has 1 atom stereocenters. The number of rotatable bonds is 5. The Morgan fingerprint density at radius 2 is 1.71 bits per heavy atom. The lowest BCUT2D eigenvalue weighted by Crippen LogP contribution is -2.45. The van der Waals surface area contributed by atoms with E-state index in [2.05, 4.69) is 0 Å². The highest BCUT2D eigenvalue weighted by Crippen LogP contribution is 2.35. The van der Waals surface area contributed by atoms with Crippen molar-refractivity contribution in [2.24, 2.45) is 0 Å². The molecule has 9 heteroatoms. The van der Waals surface area contributed by atoms with Crippen LogP contribution in [0.25, 0.3) is 0 Å². The van der Waals surface area contributed by atoms with E-state index in [-0.39, 0.29) is 16.6 Å². The number of para-hydroxylation sites is 1. The van der Waals surface area contributed by atoms with Gasteiger partial charge in [-0.25, -0.2) is 8.42 Å². The Balaban J connectivity index is 1.77. The Kier molecular flexibility index (Phi) is 6.16. The van der Waals surface area contributed by atoms with Crippen LogP contribution in [-0.4, -0.2) is 26.9 Å². The van der Waals surface area contributed by atoms with Gasteiger partial charge in [0.05, 0.1) is 16.1 Å². The fraction of sp³-hybridized carbons (Fsp3) is 0.240. The summed E-state index contributed by atoms with van der Waals surface area (Å²) >= 11 is 0. The monoisotopic (exact) mass is 488 g/mol. The molecule has 0 aliphatic carbocycles. The Hall–Kier alpha value is -3.33. The van der Waals surface area contributed by atoms with Gasteiger partial charge in [0.1, 0.15) is 6.54 Å². The average Bonchev–Trinajstić information content (AvgIpc) is 3.12. The first-order valence-corrected chi connectivity index (χ1v) is 12.1. The van der Waals surface area contributed by atoms with Crippen LogP contribution >= 0.6 is 0 Å². The summed E-state index contributed by atoms with van der Waals surface area (Å²) in [6, 6.07) is 17.1. The second kappa shape index (κ2) is 8.79. The van der Waals surface area contributed by atoms with Crippen LogP contribution in [0.2, 0.25) is 0 Å². The minimum Gasteiger partial charge on any atom is -0.307 e. The summed E-state index contributed by atoms with van der Waals surface area (Å²) in [5.41, 5.74) is 1.22. The molecule has 1 aliphatic heterocycles. The molecule has 0 spiro atoms. The number of carbonyl (C=O) groups excluding carboxylic acids is 1. The third-order valence-corrected chi connectivity index (χ3v) is 7.61. The van der Waals surface area contributed by atoms with Crippen molar-refractivity contribution >= 4 is 27.3 Å². The summed E-state index contributed by atoms with van der Waals surface area (Å²) in [5.74, 6) is -0.523. The Bertz CT molecular complexity index is 1320. The van der Waals surface area contributed by atoms with Crippen LogP contribution in [0.1, 0.15) is 23.6 Å². The number of nitrogens with zero attached hydrogens (tertiary/aromatic N) is 2. The molecule has 1 heterocycles. The number of amides is 1. The summed E-state index contributed by atoms with van der Waals surface area (Å²) in [6.45, 7) is 2.99. The maximum Gasteiger partial charge on any atom is 0.416 e. The first-order valence-electron chi connectivity index (χ1n) is 10.6. The summed E-state index contributed by atoms with van der Waals surface area (Å²) in [6.07, 6.45) is -4.06. The fourth-order valence-electron chi connectivity index (χ4n) is 4.13. The van der Waals surface area contributed by atoms with E-state index in [4.69, 9.17) is 0 Å². The highest BCUT2D eigenvalue weighted by Gasteiger charge is 2.36. The Morgan fingerprint density at radius 1 is 1.03 bits per heavy atom. The van der Waals surface area contributed by atoms with Crippen molar-refractivity contribution in [3.63, 3.8) is 0 Å². The van der Waals surface area contributed by atoms with Crippen molar-refractivity contribution < 1.29 is 26.4 Å². The van der Waals surface area contributed by atoms with Gasteiger partial charge in [-0.15, -0.1) is 0 Å². The molecule has 3 aromatic carbocycles. The first kappa shape index (κ1) is 23.8. The molecule has 5 nitrogen and oxygen atoms in total. The predicted octanol–water partition coefficient (Wildman–Crippen LogP) is 5.19. The van der Waals surface area contributed by atoms with Crippen LogP contribution < -0.4 is 9.21 Å². The normalized spacial score (nSPS) is 15.8. The third kappa shape index (κ3) is 4.52. The lowest BCUT2D eigenvalue weighted by molar-refractivity contribution is -0.137. The predicted molar refractivity (Wildman–Crippen MR) is 124 cm³/mol. The standard InChI is InChI=1S/C25H23F3N2O3S/c1-17-10-12-22(13-11-17)34(32,33)29(21-8-5-7-20(15-21)25(26,27)28)16-24(31)30-18(2)14-19-6-3-4-9-23(19)30/h3-13,15,18H,14,16H2,1-2H3/t18-/m0/s1. The van der Waals surface area contributed by atoms with Gasteiger partial charge in [-0.2, -0.15) is 13.2 Å². The largest absolute Gasteiger partial charge is 0.416 e. The quantitative estimate of drug-likeness (QED) is 0.497. The zero-order valence-corrected chi connectivity index (χ0v) is 19.4. The highest BCUT2D eigenvalue weighted by molar-refractivity contribution is 7.92. The van der Waals surface area contributed by atoms with Gasteiger partial charge in [-0.1, -0.05) is 42.0 Å². The molecule has 0 N–H and O–H groups in total. The van der Waals surface area contributed by atoms with E-state index in [1.165, 1.54) is 23.1 Å². The molecule has 1 aliphatic rings. The Morgan fingerprint density at radius 3 is 2.38 bits per heavy atom. The minimum absolute atomic E-state index is 0.113. The molecule has 34 heavy (non-hydrogen) atoms. The van der Waals surface area contributed by atoms with E-state index in [9.17, 15) is 26.4 Å². The van der Waals surface area contributed by atoms with Crippen molar-refractivity contribution in [2.75, 3.05) is 15.7 Å². The van der Waals surface area contributed by atoms with Crippen molar-refractivity contribution in [3.8, 4) is 0 Å². The molecule has 3 aromatic rings. The summed E-state index contributed by atoms with van der Waals surface area (Å²) in [5, 5.41) is 0. The van der Waals surface area contributed by atoms with E-state index in [0.29, 0.717) is 12.1 Å². The number of halogens is 3. The number of fused-ring (bicyclic) bond motifs is 1. The van der Waals surface area contributed by atoms with Crippen molar-refractivity contribution in [1.82, 2.24) is 0 Å². The van der Waals surface area contributed by atoms with E-state index in [0.717, 1.165) is 33.6 Å². The maximum atomic E-state index is 13.6. The van der Waals surface area contributed by atoms with Gasteiger partial charge in [0, 0.05) is 11.7 Å². The highest BCUT2D eigenvalue weighted by atomic mass is 32.2. The van der Waals surface area contributed by atoms with Crippen LogP contribution in [-0.2, 0) is 27.4 Å². The van der Waals surface area contributed by atoms with Gasteiger partial charge in [-0.3, -0.25) is 9.10 Å². The lowest BCUT2D eigenvalue weighted by Gasteiger charge is -2.29. The van der Waals surface area contributed by atoms with Crippen molar-refractivity contribution in [3.05, 3.63) is 89.5 Å². The van der Waals surface area contributed by atoms with Crippen molar-refractivity contribution in [1.29, 1.82) is 0 Å². The number of hydrogen-bond acceptors (Lipinski definition) is 3. The maximum absolute atomic E-state index is 13.6. The zero-order valence-electron chi connectivity index (χ0n) is 18.6. The molecular weight excluding hydrogens is 465 g/mol. The molecule has 1 amide bonds. The SMILES string of the molecule is Cc1ccc(S(=O)(=O)N(CC(=O)N2c3ccccc3C[C@@H]2C)c2cccc(C(F)(F)F)c2)cc1. The third-order valence-electron chi connectivity index (χ3n) is 5.83. The van der Waals surface area contributed by atoms with Crippen LogP contribution in [0.5, 0.6) is 0 Å². The molecule has 0 saturated carbocycles. The number of alkyl halides is 3. The Labute approximate surface area is 196 Å². The van der Waals surface area contributed by atoms with Crippen LogP contribution in [0.15, 0.2) is 77.7 Å². The number of aryl methyl sites for hydroxylation is 1. The molecule has 0 radical (unpaired) electrons. The van der Waals surface area contributed by atoms with E-state index < -0.39 is 34.2 Å². The number of benzene rings is 3. The van der Waals surface area contributed by atoms with E-state index >= 15 is 0 Å².